The number of piperidine rings is 1. The fourth-order valence-electron chi connectivity index (χ4n) is 4.66. The Morgan fingerprint density at radius 1 is 0.938 bits per heavy atom. The average molecular weight is 456 g/mol. The number of nitrogens with one attached hydrogen (secondary N) is 1. The van der Waals surface area contributed by atoms with Crippen molar-refractivity contribution in [2.75, 3.05) is 30.5 Å². The second kappa shape index (κ2) is 9.24. The Labute approximate surface area is 191 Å². The van der Waals surface area contributed by atoms with Crippen molar-refractivity contribution >= 4 is 21.6 Å². The third-order valence-electron chi connectivity index (χ3n) is 6.67. The van der Waals surface area contributed by atoms with Crippen LogP contribution in [0.25, 0.3) is 0 Å². The van der Waals surface area contributed by atoms with Gasteiger partial charge >= 0.3 is 0 Å². The summed E-state index contributed by atoms with van der Waals surface area (Å²) >= 11 is 0. The van der Waals surface area contributed by atoms with Gasteiger partial charge in [-0.2, -0.15) is 0 Å². The fraction of sp³-hybridized carbons (Fsp3) is 0.480. The van der Waals surface area contributed by atoms with Gasteiger partial charge in [0.05, 0.1) is 10.6 Å². The van der Waals surface area contributed by atoms with Gasteiger partial charge in [0.25, 0.3) is 15.9 Å². The van der Waals surface area contributed by atoms with Gasteiger partial charge in [-0.1, -0.05) is 24.6 Å². The molecule has 0 saturated carbocycles. The van der Waals surface area contributed by atoms with E-state index in [1.54, 1.807) is 12.1 Å². The highest BCUT2D eigenvalue weighted by atomic mass is 32.2. The van der Waals surface area contributed by atoms with Gasteiger partial charge < -0.3 is 5.32 Å². The molecule has 1 saturated heterocycles. The van der Waals surface area contributed by atoms with Gasteiger partial charge in [-0.05, 0) is 88.5 Å². The lowest BCUT2D eigenvalue weighted by Crippen LogP contribution is -2.53. The molecule has 2 aliphatic rings. The van der Waals surface area contributed by atoms with E-state index >= 15 is 0 Å². The quantitative estimate of drug-likeness (QED) is 0.719. The van der Waals surface area contributed by atoms with Crippen LogP contribution in [0.1, 0.15) is 55.5 Å². The van der Waals surface area contributed by atoms with Gasteiger partial charge in [-0.15, -0.1) is 0 Å². The molecule has 32 heavy (non-hydrogen) atoms. The fourth-order valence-corrected chi connectivity index (χ4v) is 6.20. The number of para-hydroxylation sites is 1. The summed E-state index contributed by atoms with van der Waals surface area (Å²) in [6, 6.07) is 13.9. The molecule has 0 radical (unpaired) electrons. The summed E-state index contributed by atoms with van der Waals surface area (Å²) in [5, 5.41) is 3.03. The predicted octanol–water partition coefficient (Wildman–Crippen LogP) is 3.82. The molecule has 7 heteroatoms. The van der Waals surface area contributed by atoms with Crippen LogP contribution in [0.2, 0.25) is 0 Å². The van der Waals surface area contributed by atoms with E-state index < -0.39 is 10.0 Å². The Balaban J connectivity index is 1.44. The van der Waals surface area contributed by atoms with Gasteiger partial charge in [0.15, 0.2) is 0 Å². The number of amides is 1. The molecule has 172 valence electrons. The minimum absolute atomic E-state index is 0.110. The predicted molar refractivity (Wildman–Crippen MR) is 128 cm³/mol. The minimum atomic E-state index is -3.67. The van der Waals surface area contributed by atoms with Crippen LogP contribution in [-0.4, -0.2) is 50.9 Å². The van der Waals surface area contributed by atoms with Crippen molar-refractivity contribution in [2.24, 2.45) is 0 Å². The smallest absolute Gasteiger partial charge is 0.264 e. The zero-order valence-corrected chi connectivity index (χ0v) is 19.8. The van der Waals surface area contributed by atoms with Gasteiger partial charge in [-0.25, -0.2) is 8.42 Å². The maximum atomic E-state index is 13.3. The highest BCUT2D eigenvalue weighted by Gasteiger charge is 2.30. The highest BCUT2D eigenvalue weighted by molar-refractivity contribution is 7.92. The first kappa shape index (κ1) is 22.8. The molecule has 1 amide bonds. The summed E-state index contributed by atoms with van der Waals surface area (Å²) in [5.74, 6) is -0.178. The molecule has 1 fully saturated rings. The van der Waals surface area contributed by atoms with Crippen LogP contribution in [0.5, 0.6) is 0 Å². The molecule has 0 atom stereocenters. The molecule has 0 aliphatic carbocycles. The monoisotopic (exact) mass is 455 g/mol. The zero-order valence-electron chi connectivity index (χ0n) is 19.0. The molecular formula is C25H33N3O3S. The third-order valence-corrected chi connectivity index (χ3v) is 8.49. The molecule has 0 aromatic heterocycles. The molecule has 0 spiro atoms. The molecule has 4 rings (SSSR count). The maximum Gasteiger partial charge on any atom is 0.264 e. The number of sulfonamides is 1. The van der Waals surface area contributed by atoms with Crippen molar-refractivity contribution in [3.05, 3.63) is 59.7 Å². The molecule has 6 nitrogen and oxygen atoms in total. The first-order valence-corrected chi connectivity index (χ1v) is 13.0. The molecule has 2 heterocycles. The topological polar surface area (TPSA) is 69.7 Å². The number of fused-ring (bicyclic) bond motifs is 1. The van der Waals surface area contributed by atoms with Crippen LogP contribution in [0, 0.1) is 0 Å². The Hall–Kier alpha value is -2.38. The number of likely N-dealkylation sites (tertiary alicyclic amines) is 1. The summed E-state index contributed by atoms with van der Waals surface area (Å²) in [6.45, 7) is 7.46. The van der Waals surface area contributed by atoms with Gasteiger partial charge in [0.1, 0.15) is 0 Å². The van der Waals surface area contributed by atoms with E-state index in [9.17, 15) is 13.2 Å². The first-order chi connectivity index (χ1) is 15.3. The van der Waals surface area contributed by atoms with Gasteiger partial charge in [0, 0.05) is 24.2 Å². The average Bonchev–Trinajstić information content (AvgIpc) is 2.83. The van der Waals surface area contributed by atoms with Crippen molar-refractivity contribution in [1.29, 1.82) is 0 Å². The van der Waals surface area contributed by atoms with E-state index in [2.05, 4.69) is 24.1 Å². The number of aryl methyl sites for hydroxylation is 1. The minimum Gasteiger partial charge on any atom is -0.350 e. The second-order valence-electron chi connectivity index (χ2n) is 9.38. The SMILES string of the molecule is CC(C)(CNC(=O)c1ccc(S(=O)(=O)N2CCCc3ccccc32)cc1)N1CCCCC1. The lowest BCUT2D eigenvalue weighted by atomic mass is 9.98. The molecule has 2 aromatic carbocycles. The second-order valence-corrected chi connectivity index (χ2v) is 11.2. The third kappa shape index (κ3) is 4.69. The van der Waals surface area contributed by atoms with E-state index in [4.69, 9.17) is 0 Å². The van der Waals surface area contributed by atoms with Crippen LogP contribution < -0.4 is 9.62 Å². The first-order valence-electron chi connectivity index (χ1n) is 11.5. The molecule has 1 N–H and O–H groups in total. The summed E-state index contributed by atoms with van der Waals surface area (Å²) in [5.41, 5.74) is 2.16. The van der Waals surface area contributed by atoms with Crippen molar-refractivity contribution in [3.63, 3.8) is 0 Å². The number of anilines is 1. The largest absolute Gasteiger partial charge is 0.350 e. The van der Waals surface area contributed by atoms with Crippen LogP contribution in [0.15, 0.2) is 53.4 Å². The van der Waals surface area contributed by atoms with E-state index in [-0.39, 0.29) is 16.3 Å². The van der Waals surface area contributed by atoms with E-state index in [1.807, 2.05) is 24.3 Å². The van der Waals surface area contributed by atoms with E-state index in [0.29, 0.717) is 18.7 Å². The Morgan fingerprint density at radius 2 is 1.62 bits per heavy atom. The van der Waals surface area contributed by atoms with Crippen LogP contribution in [0.4, 0.5) is 5.69 Å². The number of carbonyl (C=O) groups excluding carboxylic acids is 1. The molecule has 2 aromatic rings. The highest BCUT2D eigenvalue weighted by Crippen LogP contribution is 2.31. The number of hydrogen-bond donors (Lipinski definition) is 1. The van der Waals surface area contributed by atoms with Crippen molar-refractivity contribution < 1.29 is 13.2 Å². The number of carbonyl (C=O) groups is 1. The van der Waals surface area contributed by atoms with Crippen molar-refractivity contribution in [2.45, 2.75) is 56.4 Å². The number of benzene rings is 2. The lowest BCUT2D eigenvalue weighted by Gasteiger charge is -2.41. The molecule has 0 bridgehead atoms. The standard InChI is InChI=1S/C25H33N3O3S/c1-25(2,27-16-6-3-7-17-27)19-26-24(29)21-12-14-22(15-13-21)32(30,31)28-18-8-10-20-9-4-5-11-23(20)28/h4-5,9,11-15H,3,6-8,10,16-19H2,1-2H3,(H,26,29). The lowest BCUT2D eigenvalue weighted by molar-refractivity contribution is 0.0797. The van der Waals surface area contributed by atoms with Crippen molar-refractivity contribution in [3.8, 4) is 0 Å². The zero-order chi connectivity index (χ0) is 22.8. The van der Waals surface area contributed by atoms with E-state index in [0.717, 1.165) is 37.2 Å². The maximum absolute atomic E-state index is 13.3. The summed E-state index contributed by atoms with van der Waals surface area (Å²) in [4.78, 5) is 15.4. The normalized spacial score (nSPS) is 17.6. The van der Waals surface area contributed by atoms with Gasteiger partial charge in [0.2, 0.25) is 0 Å². The van der Waals surface area contributed by atoms with Crippen LogP contribution in [-0.2, 0) is 16.4 Å². The van der Waals surface area contributed by atoms with Crippen LogP contribution in [0.3, 0.4) is 0 Å². The molecule has 2 aliphatic heterocycles. The Bertz CT molecular complexity index is 1060. The summed E-state index contributed by atoms with van der Waals surface area (Å²) < 4.78 is 28.1. The van der Waals surface area contributed by atoms with Gasteiger partial charge in [-0.3, -0.25) is 14.0 Å². The van der Waals surface area contributed by atoms with Crippen LogP contribution >= 0.6 is 0 Å². The number of hydrogen-bond acceptors (Lipinski definition) is 4. The Morgan fingerprint density at radius 3 is 2.34 bits per heavy atom. The summed E-state index contributed by atoms with van der Waals surface area (Å²) in [7, 11) is -3.67. The number of nitrogens with zero attached hydrogens (tertiary/aromatic N) is 2. The number of rotatable bonds is 6. The summed E-state index contributed by atoms with van der Waals surface area (Å²) in [6.07, 6.45) is 5.36. The molecule has 0 unspecified atom stereocenters. The Kier molecular flexibility index (Phi) is 6.58. The van der Waals surface area contributed by atoms with E-state index in [1.165, 1.54) is 35.7 Å². The molecular weight excluding hydrogens is 422 g/mol. The van der Waals surface area contributed by atoms with Crippen molar-refractivity contribution in [1.82, 2.24) is 10.2 Å².